The van der Waals surface area contributed by atoms with Gasteiger partial charge in [-0.3, -0.25) is 0 Å². The Kier molecular flexibility index (Phi) is 3.59. The van der Waals surface area contributed by atoms with Crippen molar-refractivity contribution in [1.82, 2.24) is 10.3 Å². The molecule has 78 valence electrons. The van der Waals surface area contributed by atoms with Crippen molar-refractivity contribution >= 4 is 15.9 Å². The van der Waals surface area contributed by atoms with Gasteiger partial charge in [0.25, 0.3) is 0 Å². The van der Waals surface area contributed by atoms with Crippen molar-refractivity contribution in [3.05, 3.63) is 58.3 Å². The predicted octanol–water partition coefficient (Wildman–Crippen LogP) is 3.07. The number of aromatic nitrogens is 1. The number of halogens is 1. The molecular weight excluding hydrogens is 252 g/mol. The van der Waals surface area contributed by atoms with E-state index in [1.165, 1.54) is 11.1 Å². The summed E-state index contributed by atoms with van der Waals surface area (Å²) < 4.78 is 1.16. The molecule has 2 N–H and O–H groups in total. The van der Waals surface area contributed by atoms with E-state index in [0.29, 0.717) is 0 Å². The second-order valence-corrected chi connectivity index (χ2v) is 4.27. The van der Waals surface area contributed by atoms with Crippen LogP contribution >= 0.6 is 15.9 Å². The quantitative estimate of drug-likeness (QED) is 0.873. The van der Waals surface area contributed by atoms with Gasteiger partial charge in [0.05, 0.1) is 0 Å². The first-order chi connectivity index (χ1) is 7.36. The normalized spacial score (nSPS) is 10.5. The molecule has 0 amide bonds. The maximum absolute atomic E-state index is 3.53. The Bertz CT molecular complexity index is 409. The molecule has 0 aliphatic rings. The molecule has 0 aliphatic heterocycles. The summed E-state index contributed by atoms with van der Waals surface area (Å²) in [6.45, 7) is 1.78. The summed E-state index contributed by atoms with van der Waals surface area (Å²) >= 11 is 3.53. The van der Waals surface area contributed by atoms with Crippen molar-refractivity contribution in [2.45, 2.75) is 13.1 Å². The maximum atomic E-state index is 3.53. The minimum Gasteiger partial charge on any atom is -0.367 e. The van der Waals surface area contributed by atoms with Gasteiger partial charge in [0, 0.05) is 30.0 Å². The first-order valence-corrected chi connectivity index (χ1v) is 5.71. The molecule has 2 rings (SSSR count). The summed E-state index contributed by atoms with van der Waals surface area (Å²) in [5.41, 5.74) is 2.56. The van der Waals surface area contributed by atoms with Gasteiger partial charge in [-0.2, -0.15) is 0 Å². The van der Waals surface area contributed by atoms with Gasteiger partial charge in [0.15, 0.2) is 0 Å². The van der Waals surface area contributed by atoms with Crippen molar-refractivity contribution in [3.8, 4) is 0 Å². The first-order valence-electron chi connectivity index (χ1n) is 4.92. The summed E-state index contributed by atoms with van der Waals surface area (Å²) in [4.78, 5) is 3.04. The third-order valence-corrected chi connectivity index (χ3v) is 3.04. The van der Waals surface area contributed by atoms with E-state index in [1.54, 1.807) is 0 Å². The molecule has 15 heavy (non-hydrogen) atoms. The standard InChI is InChI=1S/C12H13BrN2/c13-12-4-2-1-3-11(12)9-15-8-10-5-6-14-7-10/h1-7,14-15H,8-9H2. The van der Waals surface area contributed by atoms with Crippen LogP contribution in [0.3, 0.4) is 0 Å². The minimum atomic E-state index is 0.882. The van der Waals surface area contributed by atoms with Crippen molar-refractivity contribution < 1.29 is 0 Å². The number of hydrogen-bond donors (Lipinski definition) is 2. The largest absolute Gasteiger partial charge is 0.367 e. The second-order valence-electron chi connectivity index (χ2n) is 3.41. The van der Waals surface area contributed by atoms with E-state index in [9.17, 15) is 0 Å². The molecule has 0 aliphatic carbocycles. The van der Waals surface area contributed by atoms with Gasteiger partial charge >= 0.3 is 0 Å². The van der Waals surface area contributed by atoms with E-state index in [2.05, 4.69) is 50.5 Å². The highest BCUT2D eigenvalue weighted by Gasteiger charge is 1.97. The zero-order valence-corrected chi connectivity index (χ0v) is 9.92. The lowest BCUT2D eigenvalue weighted by Crippen LogP contribution is -2.12. The zero-order valence-electron chi connectivity index (χ0n) is 8.33. The molecule has 2 nitrogen and oxygen atoms in total. The Morgan fingerprint density at radius 2 is 2.00 bits per heavy atom. The minimum absolute atomic E-state index is 0.882. The van der Waals surface area contributed by atoms with E-state index < -0.39 is 0 Å². The van der Waals surface area contributed by atoms with Gasteiger partial charge < -0.3 is 10.3 Å². The smallest absolute Gasteiger partial charge is 0.0223 e. The highest BCUT2D eigenvalue weighted by Crippen LogP contribution is 2.15. The number of H-pyrrole nitrogens is 1. The highest BCUT2D eigenvalue weighted by molar-refractivity contribution is 9.10. The second kappa shape index (κ2) is 5.14. The number of hydrogen-bond acceptors (Lipinski definition) is 1. The number of aromatic amines is 1. The van der Waals surface area contributed by atoms with Crippen LogP contribution in [0.25, 0.3) is 0 Å². The molecule has 0 fully saturated rings. The zero-order chi connectivity index (χ0) is 10.5. The third kappa shape index (κ3) is 2.94. The fourth-order valence-electron chi connectivity index (χ4n) is 1.45. The molecule has 3 heteroatoms. The van der Waals surface area contributed by atoms with Gasteiger partial charge in [-0.1, -0.05) is 34.1 Å². The Morgan fingerprint density at radius 3 is 2.73 bits per heavy atom. The fourth-order valence-corrected chi connectivity index (χ4v) is 1.88. The molecule has 0 bridgehead atoms. The first kappa shape index (κ1) is 10.5. The Labute approximate surface area is 97.8 Å². The van der Waals surface area contributed by atoms with E-state index >= 15 is 0 Å². The Morgan fingerprint density at radius 1 is 1.13 bits per heavy atom. The lowest BCUT2D eigenvalue weighted by atomic mass is 10.2. The van der Waals surface area contributed by atoms with E-state index in [0.717, 1.165) is 17.6 Å². The molecule has 0 saturated carbocycles. The maximum Gasteiger partial charge on any atom is 0.0223 e. The lowest BCUT2D eigenvalue weighted by molar-refractivity contribution is 0.692. The highest BCUT2D eigenvalue weighted by atomic mass is 79.9. The van der Waals surface area contributed by atoms with Gasteiger partial charge in [-0.15, -0.1) is 0 Å². The molecule has 0 spiro atoms. The molecule has 1 heterocycles. The molecule has 1 aromatic heterocycles. The molecule has 0 unspecified atom stereocenters. The topological polar surface area (TPSA) is 27.8 Å². The third-order valence-electron chi connectivity index (χ3n) is 2.26. The SMILES string of the molecule is Brc1ccccc1CNCc1cc[nH]c1. The van der Waals surface area contributed by atoms with Crippen molar-refractivity contribution in [2.24, 2.45) is 0 Å². The molecule has 1 aromatic carbocycles. The summed E-state index contributed by atoms with van der Waals surface area (Å²) in [7, 11) is 0. The average Bonchev–Trinajstić information content (AvgIpc) is 2.74. The molecule has 2 aromatic rings. The Hall–Kier alpha value is -1.06. The summed E-state index contributed by atoms with van der Waals surface area (Å²) in [5, 5.41) is 3.39. The van der Waals surface area contributed by atoms with Crippen LogP contribution in [-0.4, -0.2) is 4.98 Å². The van der Waals surface area contributed by atoms with Crippen LogP contribution in [0.4, 0.5) is 0 Å². The van der Waals surface area contributed by atoms with Crippen LogP contribution in [0, 0.1) is 0 Å². The van der Waals surface area contributed by atoms with E-state index in [-0.39, 0.29) is 0 Å². The number of rotatable bonds is 4. The average molecular weight is 265 g/mol. The van der Waals surface area contributed by atoms with Crippen LogP contribution in [0.15, 0.2) is 47.2 Å². The van der Waals surface area contributed by atoms with Gasteiger partial charge in [0.1, 0.15) is 0 Å². The van der Waals surface area contributed by atoms with Crippen LogP contribution in [0.1, 0.15) is 11.1 Å². The van der Waals surface area contributed by atoms with Gasteiger partial charge in [0.2, 0.25) is 0 Å². The van der Waals surface area contributed by atoms with Crippen LogP contribution in [0.2, 0.25) is 0 Å². The summed E-state index contributed by atoms with van der Waals surface area (Å²) in [5.74, 6) is 0. The van der Waals surface area contributed by atoms with Crippen molar-refractivity contribution in [3.63, 3.8) is 0 Å². The van der Waals surface area contributed by atoms with Gasteiger partial charge in [-0.05, 0) is 23.3 Å². The van der Waals surface area contributed by atoms with Crippen molar-refractivity contribution in [2.75, 3.05) is 0 Å². The predicted molar refractivity (Wildman–Crippen MR) is 65.5 cm³/mol. The lowest BCUT2D eigenvalue weighted by Gasteiger charge is -2.05. The van der Waals surface area contributed by atoms with Crippen LogP contribution < -0.4 is 5.32 Å². The van der Waals surface area contributed by atoms with Crippen LogP contribution in [0.5, 0.6) is 0 Å². The molecule has 0 saturated heterocycles. The van der Waals surface area contributed by atoms with E-state index in [1.807, 2.05) is 18.5 Å². The van der Waals surface area contributed by atoms with Gasteiger partial charge in [-0.25, -0.2) is 0 Å². The summed E-state index contributed by atoms with van der Waals surface area (Å²) in [6.07, 6.45) is 3.95. The van der Waals surface area contributed by atoms with E-state index in [4.69, 9.17) is 0 Å². The fraction of sp³-hybridized carbons (Fsp3) is 0.167. The molecule has 0 radical (unpaired) electrons. The number of benzene rings is 1. The van der Waals surface area contributed by atoms with Crippen molar-refractivity contribution in [1.29, 1.82) is 0 Å². The monoisotopic (exact) mass is 264 g/mol. The summed E-state index contributed by atoms with van der Waals surface area (Å²) in [6, 6.07) is 10.3. The number of nitrogens with one attached hydrogen (secondary N) is 2. The molecule has 0 atom stereocenters. The molecular formula is C12H13BrN2. The Balaban J connectivity index is 1.86. The van der Waals surface area contributed by atoms with Crippen LogP contribution in [-0.2, 0) is 13.1 Å².